The van der Waals surface area contributed by atoms with Gasteiger partial charge >= 0.3 is 0 Å². The number of aryl methyl sites for hydroxylation is 1. The Morgan fingerprint density at radius 2 is 2.11 bits per heavy atom. The topological polar surface area (TPSA) is 43.1 Å². The zero-order valence-corrected chi connectivity index (χ0v) is 16.8. The second-order valence-corrected chi connectivity index (χ2v) is 8.78. The molecule has 0 radical (unpaired) electrons. The Hall–Kier alpha value is -1.88. The molecule has 3 atom stereocenters. The van der Waals surface area contributed by atoms with E-state index in [1.165, 1.54) is 18.5 Å². The minimum atomic E-state index is 0.186. The van der Waals surface area contributed by atoms with Crippen LogP contribution in [0.15, 0.2) is 35.5 Å². The highest BCUT2D eigenvalue weighted by Crippen LogP contribution is 2.43. The maximum absolute atomic E-state index is 12.7. The summed E-state index contributed by atoms with van der Waals surface area (Å²) in [6.07, 6.45) is 7.59. The first-order valence-electron chi connectivity index (χ1n) is 10.5. The van der Waals surface area contributed by atoms with Crippen molar-refractivity contribution in [2.75, 3.05) is 13.1 Å². The van der Waals surface area contributed by atoms with Gasteiger partial charge in [-0.05, 0) is 44.1 Å². The number of nitrogens with zero attached hydrogens (tertiary/aromatic N) is 4. The number of hydrogen-bond acceptors (Lipinski definition) is 3. The zero-order chi connectivity index (χ0) is 19.0. The smallest absolute Gasteiger partial charge is 0.250 e. The molecule has 5 heteroatoms. The highest BCUT2D eigenvalue weighted by Gasteiger charge is 2.40. The van der Waals surface area contributed by atoms with E-state index in [9.17, 15) is 4.79 Å². The number of piperidine rings is 1. The van der Waals surface area contributed by atoms with E-state index in [0.717, 1.165) is 38.3 Å². The molecule has 0 N–H and O–H groups in total. The van der Waals surface area contributed by atoms with E-state index < -0.39 is 0 Å². The lowest BCUT2D eigenvalue weighted by molar-refractivity contribution is 0.0791. The molecule has 1 fully saturated rings. The molecule has 0 amide bonds. The van der Waals surface area contributed by atoms with Crippen molar-refractivity contribution in [2.45, 2.75) is 65.1 Å². The van der Waals surface area contributed by atoms with E-state index in [4.69, 9.17) is 0 Å². The maximum Gasteiger partial charge on any atom is 0.250 e. The highest BCUT2D eigenvalue weighted by molar-refractivity contribution is 5.19. The monoisotopic (exact) mass is 368 g/mol. The van der Waals surface area contributed by atoms with Crippen molar-refractivity contribution in [3.8, 4) is 0 Å². The maximum atomic E-state index is 12.7. The average Bonchev–Trinajstić information content (AvgIpc) is 3.09. The predicted molar refractivity (Wildman–Crippen MR) is 108 cm³/mol. The molecule has 146 valence electrons. The van der Waals surface area contributed by atoms with E-state index in [1.54, 1.807) is 6.07 Å². The van der Waals surface area contributed by atoms with Crippen LogP contribution in [0.2, 0.25) is 0 Å². The second kappa shape index (κ2) is 7.63. The van der Waals surface area contributed by atoms with Gasteiger partial charge in [-0.15, -0.1) is 0 Å². The van der Waals surface area contributed by atoms with Crippen LogP contribution in [-0.4, -0.2) is 32.1 Å². The first-order chi connectivity index (χ1) is 13.0. The Bertz CT molecular complexity index is 837. The van der Waals surface area contributed by atoms with Crippen LogP contribution in [0.1, 0.15) is 63.4 Å². The van der Waals surface area contributed by atoms with Gasteiger partial charge in [-0.1, -0.05) is 19.9 Å². The van der Waals surface area contributed by atoms with Crippen LogP contribution < -0.4 is 5.56 Å². The van der Waals surface area contributed by atoms with Crippen LogP contribution in [0, 0.1) is 11.8 Å². The molecule has 0 saturated carbocycles. The number of likely N-dealkylation sites (tertiary alicyclic amines) is 1. The third kappa shape index (κ3) is 3.75. The van der Waals surface area contributed by atoms with Gasteiger partial charge in [-0.25, -0.2) is 4.98 Å². The van der Waals surface area contributed by atoms with Crippen molar-refractivity contribution in [3.05, 3.63) is 52.5 Å². The van der Waals surface area contributed by atoms with Gasteiger partial charge in [0.15, 0.2) is 0 Å². The van der Waals surface area contributed by atoms with Crippen molar-refractivity contribution in [1.82, 2.24) is 19.0 Å². The van der Waals surface area contributed by atoms with Crippen LogP contribution in [-0.2, 0) is 13.1 Å². The summed E-state index contributed by atoms with van der Waals surface area (Å²) in [6.45, 7) is 10.7. The molecular weight excluding hydrogens is 336 g/mol. The molecule has 27 heavy (non-hydrogen) atoms. The third-order valence-corrected chi connectivity index (χ3v) is 6.35. The standard InChI is InChI=1S/C22H32N4O/c1-4-24-13-19(23-15-24)14-25-11-17-10-18(12-25)21(9-8-16(2)3)26-20(17)6-5-7-22(26)27/h5-7,13,15-18,21H,4,8-12,14H2,1-3H3/t17-,18+,21+/m1/s1. The number of aromatic nitrogens is 3. The Morgan fingerprint density at radius 1 is 1.26 bits per heavy atom. The molecule has 1 saturated heterocycles. The Balaban J connectivity index is 1.59. The van der Waals surface area contributed by atoms with Crippen molar-refractivity contribution in [2.24, 2.45) is 11.8 Å². The van der Waals surface area contributed by atoms with Gasteiger partial charge in [0.2, 0.25) is 0 Å². The largest absolute Gasteiger partial charge is 0.337 e. The molecule has 0 aromatic carbocycles. The molecule has 2 aromatic rings. The summed E-state index contributed by atoms with van der Waals surface area (Å²) in [5.74, 6) is 1.69. The minimum Gasteiger partial charge on any atom is -0.337 e. The molecule has 4 heterocycles. The van der Waals surface area contributed by atoms with E-state index in [1.807, 2.05) is 12.4 Å². The lowest BCUT2D eigenvalue weighted by Crippen LogP contribution is -2.49. The van der Waals surface area contributed by atoms with Gasteiger partial charge < -0.3 is 9.13 Å². The molecule has 5 nitrogen and oxygen atoms in total. The molecule has 4 rings (SSSR count). The number of fused-ring (bicyclic) bond motifs is 4. The molecule has 2 bridgehead atoms. The Labute approximate surface area is 162 Å². The fourth-order valence-electron chi connectivity index (χ4n) is 5.03. The van der Waals surface area contributed by atoms with E-state index in [2.05, 4.69) is 52.1 Å². The van der Waals surface area contributed by atoms with Crippen molar-refractivity contribution in [1.29, 1.82) is 0 Å². The molecular formula is C22H32N4O. The van der Waals surface area contributed by atoms with Crippen molar-refractivity contribution < 1.29 is 0 Å². The molecule has 0 aliphatic carbocycles. The fraction of sp³-hybridized carbons (Fsp3) is 0.636. The second-order valence-electron chi connectivity index (χ2n) is 8.78. The molecule has 2 aliphatic rings. The number of imidazole rings is 1. The normalized spacial score (nSPS) is 25.0. The molecule has 0 spiro atoms. The number of pyridine rings is 1. The quantitative estimate of drug-likeness (QED) is 0.781. The van der Waals surface area contributed by atoms with Crippen molar-refractivity contribution in [3.63, 3.8) is 0 Å². The van der Waals surface area contributed by atoms with Gasteiger partial charge in [-0.2, -0.15) is 0 Å². The molecule has 0 unspecified atom stereocenters. The van der Waals surface area contributed by atoms with Gasteiger partial charge in [0.25, 0.3) is 5.56 Å². The summed E-state index contributed by atoms with van der Waals surface area (Å²) in [5.41, 5.74) is 2.59. The van der Waals surface area contributed by atoms with Crippen LogP contribution >= 0.6 is 0 Å². The number of hydrogen-bond donors (Lipinski definition) is 0. The van der Waals surface area contributed by atoms with Gasteiger partial charge in [0.1, 0.15) is 0 Å². The summed E-state index contributed by atoms with van der Waals surface area (Å²) in [4.78, 5) is 19.8. The zero-order valence-electron chi connectivity index (χ0n) is 16.8. The highest BCUT2D eigenvalue weighted by atomic mass is 16.1. The Morgan fingerprint density at radius 3 is 2.85 bits per heavy atom. The predicted octanol–water partition coefficient (Wildman–Crippen LogP) is 3.66. The SMILES string of the molecule is CCn1cnc(CN2C[C@H]3C[C@@H](C2)[C@H](CCC(C)C)n2c3cccc2=O)c1. The molecule has 2 aromatic heterocycles. The van der Waals surface area contributed by atoms with E-state index >= 15 is 0 Å². The van der Waals surface area contributed by atoms with Crippen LogP contribution in [0.4, 0.5) is 0 Å². The lowest BCUT2D eigenvalue weighted by atomic mass is 9.76. The summed E-state index contributed by atoms with van der Waals surface area (Å²) >= 11 is 0. The first-order valence-corrected chi connectivity index (χ1v) is 10.5. The third-order valence-electron chi connectivity index (χ3n) is 6.35. The van der Waals surface area contributed by atoms with Crippen LogP contribution in [0.5, 0.6) is 0 Å². The van der Waals surface area contributed by atoms with Gasteiger partial charge in [0.05, 0.1) is 12.0 Å². The van der Waals surface area contributed by atoms with Gasteiger partial charge in [-0.3, -0.25) is 9.69 Å². The summed E-state index contributed by atoms with van der Waals surface area (Å²) in [5, 5.41) is 0. The van der Waals surface area contributed by atoms with Gasteiger partial charge in [0, 0.05) is 56.1 Å². The van der Waals surface area contributed by atoms with Crippen LogP contribution in [0.25, 0.3) is 0 Å². The summed E-state index contributed by atoms with van der Waals surface area (Å²) < 4.78 is 4.28. The Kier molecular flexibility index (Phi) is 5.22. The summed E-state index contributed by atoms with van der Waals surface area (Å²) in [7, 11) is 0. The average molecular weight is 369 g/mol. The first kappa shape index (κ1) is 18.5. The van der Waals surface area contributed by atoms with E-state index in [-0.39, 0.29) is 5.56 Å². The van der Waals surface area contributed by atoms with Crippen molar-refractivity contribution >= 4 is 0 Å². The fourth-order valence-corrected chi connectivity index (χ4v) is 5.03. The summed E-state index contributed by atoms with van der Waals surface area (Å²) in [6, 6.07) is 6.20. The van der Waals surface area contributed by atoms with E-state index in [0.29, 0.717) is 23.8 Å². The molecule has 2 aliphatic heterocycles. The lowest BCUT2D eigenvalue weighted by Gasteiger charge is -2.47. The minimum absolute atomic E-state index is 0.186. The van der Waals surface area contributed by atoms with Crippen LogP contribution in [0.3, 0.4) is 0 Å². The number of rotatable bonds is 6.